The summed E-state index contributed by atoms with van der Waals surface area (Å²) in [5.41, 5.74) is 3.61. The van der Waals surface area contributed by atoms with Crippen molar-refractivity contribution in [2.45, 2.75) is 43.7 Å². The second-order valence-electron chi connectivity index (χ2n) is 8.23. The third-order valence-corrected chi connectivity index (χ3v) is 7.91. The highest BCUT2D eigenvalue weighted by Gasteiger charge is 2.41. The van der Waals surface area contributed by atoms with Crippen LogP contribution in [0.2, 0.25) is 0 Å². The lowest BCUT2D eigenvalue weighted by atomic mass is 9.94. The minimum Gasteiger partial charge on any atom is -0.389 e. The fraction of sp³-hybridized carbons (Fsp3) is 0.304. The molecule has 1 atom stereocenters. The first-order valence-electron chi connectivity index (χ1n) is 10.3. The minimum absolute atomic E-state index is 0.0241. The summed E-state index contributed by atoms with van der Waals surface area (Å²) in [5, 5.41) is 11.8. The Morgan fingerprint density at radius 2 is 1.84 bits per heavy atom. The van der Waals surface area contributed by atoms with E-state index in [0.29, 0.717) is 12.1 Å². The standard InChI is InChI=1S/C23H22N2O5S/c1-14-9-10-19-18(11-14)16-6-4-7-20(27)22(16)24(19)12-15(26)13-25-23(28)17-5-2-3-8-21(17)31(25,29)30/h2-3,5,8-11,15,26H,4,6-7,12-13H2,1H3/t15-/m1/s1. The van der Waals surface area contributed by atoms with Gasteiger partial charge in [-0.1, -0.05) is 23.8 Å². The average Bonchev–Trinajstić information content (AvgIpc) is 3.14. The van der Waals surface area contributed by atoms with Crippen LogP contribution in [0.25, 0.3) is 10.9 Å². The van der Waals surface area contributed by atoms with Crippen LogP contribution in [-0.4, -0.2) is 46.7 Å². The number of Topliss-reactive ketones (excluding diaryl/α,β-unsaturated/α-hetero) is 1. The highest BCUT2D eigenvalue weighted by atomic mass is 32.2. The molecular formula is C23H22N2O5S. The summed E-state index contributed by atoms with van der Waals surface area (Å²) in [4.78, 5) is 25.3. The highest BCUT2D eigenvalue weighted by molar-refractivity contribution is 7.90. The van der Waals surface area contributed by atoms with E-state index in [2.05, 4.69) is 0 Å². The van der Waals surface area contributed by atoms with Crippen molar-refractivity contribution in [2.75, 3.05) is 6.54 Å². The second-order valence-corrected chi connectivity index (χ2v) is 10.1. The number of benzene rings is 2. The third kappa shape index (κ3) is 3.01. The second kappa shape index (κ2) is 7.03. The maximum absolute atomic E-state index is 12.8. The largest absolute Gasteiger partial charge is 0.389 e. The average molecular weight is 439 g/mol. The zero-order chi connectivity index (χ0) is 21.9. The lowest BCUT2D eigenvalue weighted by molar-refractivity contribution is 0.0767. The number of rotatable bonds is 4. The van der Waals surface area contributed by atoms with Crippen molar-refractivity contribution < 1.29 is 23.1 Å². The number of carbonyl (C=O) groups excluding carboxylic acids is 2. The summed E-state index contributed by atoms with van der Waals surface area (Å²) >= 11 is 0. The molecule has 8 heteroatoms. The van der Waals surface area contributed by atoms with Crippen LogP contribution in [0.15, 0.2) is 47.4 Å². The van der Waals surface area contributed by atoms with E-state index in [-0.39, 0.29) is 29.3 Å². The van der Waals surface area contributed by atoms with Crippen molar-refractivity contribution in [3.63, 3.8) is 0 Å². The molecule has 2 aromatic carbocycles. The van der Waals surface area contributed by atoms with Gasteiger partial charge in [-0.3, -0.25) is 9.59 Å². The lowest BCUT2D eigenvalue weighted by Crippen LogP contribution is -2.39. The molecule has 1 N–H and O–H groups in total. The van der Waals surface area contributed by atoms with Gasteiger partial charge in [0.05, 0.1) is 30.5 Å². The maximum Gasteiger partial charge on any atom is 0.269 e. The summed E-state index contributed by atoms with van der Waals surface area (Å²) in [6.07, 6.45) is 0.870. The smallest absolute Gasteiger partial charge is 0.269 e. The predicted molar refractivity (Wildman–Crippen MR) is 115 cm³/mol. The van der Waals surface area contributed by atoms with Gasteiger partial charge in [0.25, 0.3) is 15.9 Å². The number of ketones is 1. The van der Waals surface area contributed by atoms with E-state index in [1.807, 2.05) is 25.1 Å². The first kappa shape index (κ1) is 20.0. The van der Waals surface area contributed by atoms with Gasteiger partial charge in [-0.15, -0.1) is 0 Å². The Labute approximate surface area is 179 Å². The number of sulfonamides is 1. The Bertz CT molecular complexity index is 1360. The van der Waals surface area contributed by atoms with E-state index in [1.54, 1.807) is 16.7 Å². The summed E-state index contributed by atoms with van der Waals surface area (Å²) < 4.78 is 28.1. The normalized spacial score (nSPS) is 18.3. The van der Waals surface area contributed by atoms with E-state index in [4.69, 9.17) is 0 Å². The molecule has 5 rings (SSSR count). The number of aryl methyl sites for hydroxylation is 2. The van der Waals surface area contributed by atoms with E-state index in [1.165, 1.54) is 12.1 Å². The number of aromatic nitrogens is 1. The van der Waals surface area contributed by atoms with Crippen molar-refractivity contribution in [1.29, 1.82) is 0 Å². The van der Waals surface area contributed by atoms with Gasteiger partial charge >= 0.3 is 0 Å². The van der Waals surface area contributed by atoms with Crippen molar-refractivity contribution >= 4 is 32.6 Å². The molecule has 2 heterocycles. The fourth-order valence-corrected chi connectivity index (χ4v) is 6.32. The highest BCUT2D eigenvalue weighted by Crippen LogP contribution is 2.34. The molecule has 0 saturated heterocycles. The molecule has 1 amide bonds. The number of hydrogen-bond acceptors (Lipinski definition) is 5. The molecule has 2 aliphatic rings. The van der Waals surface area contributed by atoms with Crippen LogP contribution in [0.3, 0.4) is 0 Å². The number of aliphatic hydroxyl groups is 1. The zero-order valence-corrected chi connectivity index (χ0v) is 17.9. The van der Waals surface area contributed by atoms with Gasteiger partial charge < -0.3 is 9.67 Å². The topological polar surface area (TPSA) is 96.7 Å². The number of nitrogens with zero attached hydrogens (tertiary/aromatic N) is 2. The van der Waals surface area contributed by atoms with E-state index < -0.39 is 22.0 Å². The number of amides is 1. The van der Waals surface area contributed by atoms with Gasteiger partial charge in [0.1, 0.15) is 4.90 Å². The Morgan fingerprint density at radius 1 is 1.06 bits per heavy atom. The molecule has 0 bridgehead atoms. The van der Waals surface area contributed by atoms with Crippen LogP contribution < -0.4 is 0 Å². The number of fused-ring (bicyclic) bond motifs is 4. The summed E-state index contributed by atoms with van der Waals surface area (Å²) in [7, 11) is -4.00. The van der Waals surface area contributed by atoms with Gasteiger partial charge in [0.2, 0.25) is 0 Å². The Balaban J connectivity index is 1.50. The minimum atomic E-state index is -4.00. The van der Waals surface area contributed by atoms with Gasteiger partial charge in [-0.25, -0.2) is 12.7 Å². The van der Waals surface area contributed by atoms with Crippen LogP contribution in [-0.2, 0) is 23.0 Å². The van der Waals surface area contributed by atoms with Crippen molar-refractivity contribution in [2.24, 2.45) is 0 Å². The number of aliphatic hydroxyl groups excluding tert-OH is 1. The molecule has 7 nitrogen and oxygen atoms in total. The summed E-state index contributed by atoms with van der Waals surface area (Å²) in [6, 6.07) is 12.0. The van der Waals surface area contributed by atoms with Gasteiger partial charge in [-0.2, -0.15) is 0 Å². The Morgan fingerprint density at radius 3 is 2.61 bits per heavy atom. The molecule has 0 radical (unpaired) electrons. The van der Waals surface area contributed by atoms with Crippen LogP contribution in [0.5, 0.6) is 0 Å². The first-order valence-corrected chi connectivity index (χ1v) is 11.7. The molecule has 0 fully saturated rings. The maximum atomic E-state index is 12.8. The Hall–Kier alpha value is -2.97. The van der Waals surface area contributed by atoms with Gasteiger partial charge in [-0.05, 0) is 49.6 Å². The fourth-order valence-electron chi connectivity index (χ4n) is 4.71. The van der Waals surface area contributed by atoms with Crippen molar-refractivity contribution in [3.05, 3.63) is 64.8 Å². The van der Waals surface area contributed by atoms with Crippen LogP contribution in [0.1, 0.15) is 44.8 Å². The first-order chi connectivity index (χ1) is 14.8. The van der Waals surface area contributed by atoms with Crippen LogP contribution >= 0.6 is 0 Å². The molecule has 0 saturated carbocycles. The van der Waals surface area contributed by atoms with E-state index >= 15 is 0 Å². The molecule has 1 aliphatic heterocycles. The van der Waals surface area contributed by atoms with Gasteiger partial charge in [0, 0.05) is 17.3 Å². The molecule has 0 unspecified atom stereocenters. The number of β-amino-alcohol motifs (C(OH)–C–C–N with tert-alkyl or cyclic N) is 1. The molecule has 1 aliphatic carbocycles. The van der Waals surface area contributed by atoms with E-state index in [0.717, 1.165) is 39.2 Å². The number of carbonyl (C=O) groups is 2. The molecule has 1 aromatic heterocycles. The summed E-state index contributed by atoms with van der Waals surface area (Å²) in [6.45, 7) is 1.64. The van der Waals surface area contributed by atoms with Crippen LogP contribution in [0.4, 0.5) is 0 Å². The lowest BCUT2D eigenvalue weighted by Gasteiger charge is -2.22. The predicted octanol–water partition coefficient (Wildman–Crippen LogP) is 2.67. The quantitative estimate of drug-likeness (QED) is 0.676. The number of hydrogen-bond donors (Lipinski definition) is 1. The van der Waals surface area contributed by atoms with Gasteiger partial charge in [0.15, 0.2) is 5.78 Å². The van der Waals surface area contributed by atoms with Crippen molar-refractivity contribution in [1.82, 2.24) is 8.87 Å². The monoisotopic (exact) mass is 438 g/mol. The summed E-state index contributed by atoms with van der Waals surface area (Å²) in [5.74, 6) is -0.611. The third-order valence-electron chi connectivity index (χ3n) is 6.10. The molecule has 31 heavy (non-hydrogen) atoms. The molecule has 0 spiro atoms. The molecule has 3 aromatic rings. The van der Waals surface area contributed by atoms with E-state index in [9.17, 15) is 23.1 Å². The zero-order valence-electron chi connectivity index (χ0n) is 17.0. The SMILES string of the molecule is Cc1ccc2c(c1)c1c(n2C[C@@H](O)CN2C(=O)c3ccccc3S2(=O)=O)C(=O)CCC1. The molecule has 160 valence electrons. The molecular weight excluding hydrogens is 416 g/mol. The Kier molecular flexibility index (Phi) is 4.53. The van der Waals surface area contributed by atoms with Crippen LogP contribution in [0, 0.1) is 6.92 Å². The van der Waals surface area contributed by atoms with Crippen molar-refractivity contribution in [3.8, 4) is 0 Å².